The summed E-state index contributed by atoms with van der Waals surface area (Å²) in [6.45, 7) is 0. The highest BCUT2D eigenvalue weighted by atomic mass is 35.5. The van der Waals surface area contributed by atoms with Crippen LogP contribution in [0.2, 0.25) is 5.02 Å². The van der Waals surface area contributed by atoms with Crippen molar-refractivity contribution in [3.05, 3.63) is 59.2 Å². The Morgan fingerprint density at radius 2 is 1.79 bits per heavy atom. The minimum Gasteiger partial charge on any atom is -0.497 e. The SMILES string of the molecule is COc1cc(OC)cc(C(=O)Nc2ccc(Cl)c3cccnc23)c1. The van der Waals surface area contributed by atoms with Gasteiger partial charge in [0, 0.05) is 23.2 Å². The number of hydrogen-bond acceptors (Lipinski definition) is 4. The number of fused-ring (bicyclic) bond motifs is 1. The fourth-order valence-electron chi connectivity index (χ4n) is 2.37. The van der Waals surface area contributed by atoms with Gasteiger partial charge in [0.25, 0.3) is 5.91 Å². The highest BCUT2D eigenvalue weighted by molar-refractivity contribution is 6.36. The molecule has 0 aliphatic rings. The molecule has 0 spiro atoms. The zero-order valence-corrected chi connectivity index (χ0v) is 13.9. The lowest BCUT2D eigenvalue weighted by atomic mass is 10.1. The van der Waals surface area contributed by atoms with E-state index in [-0.39, 0.29) is 5.91 Å². The summed E-state index contributed by atoms with van der Waals surface area (Å²) in [5.41, 5.74) is 1.64. The van der Waals surface area contributed by atoms with Crippen molar-refractivity contribution in [2.24, 2.45) is 0 Å². The number of carbonyl (C=O) groups excluding carboxylic acids is 1. The standard InChI is InChI=1S/C18H15ClN2O3/c1-23-12-8-11(9-13(10-12)24-2)18(22)21-16-6-5-15(19)14-4-3-7-20-17(14)16/h3-10H,1-2H3,(H,21,22). The number of amides is 1. The molecule has 3 aromatic rings. The largest absolute Gasteiger partial charge is 0.497 e. The molecule has 0 radical (unpaired) electrons. The molecule has 24 heavy (non-hydrogen) atoms. The van der Waals surface area contributed by atoms with E-state index in [9.17, 15) is 4.79 Å². The molecule has 0 aliphatic heterocycles. The predicted octanol–water partition coefficient (Wildman–Crippen LogP) is 4.16. The molecule has 1 aromatic heterocycles. The summed E-state index contributed by atoms with van der Waals surface area (Å²) in [5, 5.41) is 4.22. The molecular formula is C18H15ClN2O3. The van der Waals surface area contributed by atoms with Crippen LogP contribution in [-0.4, -0.2) is 25.1 Å². The van der Waals surface area contributed by atoms with Crippen LogP contribution in [0.15, 0.2) is 48.7 Å². The summed E-state index contributed by atoms with van der Waals surface area (Å²) < 4.78 is 10.4. The van der Waals surface area contributed by atoms with Crippen molar-refractivity contribution >= 4 is 34.1 Å². The summed E-state index contributed by atoms with van der Waals surface area (Å²) in [6.07, 6.45) is 1.66. The number of aromatic nitrogens is 1. The summed E-state index contributed by atoms with van der Waals surface area (Å²) in [5.74, 6) is 0.790. The van der Waals surface area contributed by atoms with Gasteiger partial charge in [0.2, 0.25) is 0 Å². The van der Waals surface area contributed by atoms with Crippen molar-refractivity contribution in [1.29, 1.82) is 0 Å². The van der Waals surface area contributed by atoms with Gasteiger partial charge in [-0.25, -0.2) is 0 Å². The Morgan fingerprint density at radius 1 is 1.08 bits per heavy atom. The van der Waals surface area contributed by atoms with E-state index < -0.39 is 0 Å². The fraction of sp³-hybridized carbons (Fsp3) is 0.111. The quantitative estimate of drug-likeness (QED) is 0.773. The first-order valence-electron chi connectivity index (χ1n) is 7.20. The van der Waals surface area contributed by atoms with E-state index in [0.717, 1.165) is 5.39 Å². The normalized spacial score (nSPS) is 10.5. The summed E-state index contributed by atoms with van der Waals surface area (Å²) in [4.78, 5) is 16.9. The topological polar surface area (TPSA) is 60.5 Å². The highest BCUT2D eigenvalue weighted by Gasteiger charge is 2.13. The van der Waals surface area contributed by atoms with Crippen LogP contribution in [-0.2, 0) is 0 Å². The van der Waals surface area contributed by atoms with Crippen molar-refractivity contribution in [2.45, 2.75) is 0 Å². The van der Waals surface area contributed by atoms with Crippen molar-refractivity contribution in [1.82, 2.24) is 4.98 Å². The van der Waals surface area contributed by atoms with Crippen molar-refractivity contribution < 1.29 is 14.3 Å². The van der Waals surface area contributed by atoms with Gasteiger partial charge in [-0.15, -0.1) is 0 Å². The van der Waals surface area contributed by atoms with Crippen molar-refractivity contribution in [3.8, 4) is 11.5 Å². The van der Waals surface area contributed by atoms with Gasteiger partial charge in [0.15, 0.2) is 0 Å². The third-order valence-corrected chi connectivity index (χ3v) is 3.91. The third kappa shape index (κ3) is 3.12. The molecule has 0 saturated carbocycles. The maximum atomic E-state index is 12.6. The lowest BCUT2D eigenvalue weighted by molar-refractivity contribution is 0.102. The monoisotopic (exact) mass is 342 g/mol. The molecule has 0 bridgehead atoms. The van der Waals surface area contributed by atoms with Gasteiger partial charge in [0.05, 0.1) is 30.4 Å². The Kier molecular flexibility index (Phi) is 4.53. The smallest absolute Gasteiger partial charge is 0.255 e. The summed E-state index contributed by atoms with van der Waals surface area (Å²) in [6, 6.07) is 12.1. The molecular weight excluding hydrogens is 328 g/mol. The molecule has 1 N–H and O–H groups in total. The lowest BCUT2D eigenvalue weighted by Crippen LogP contribution is -2.12. The predicted molar refractivity (Wildman–Crippen MR) is 94.3 cm³/mol. The van der Waals surface area contributed by atoms with Gasteiger partial charge in [-0.2, -0.15) is 0 Å². The van der Waals surface area contributed by atoms with Crippen LogP contribution in [0.5, 0.6) is 11.5 Å². The van der Waals surface area contributed by atoms with Crippen LogP contribution in [0.4, 0.5) is 5.69 Å². The molecule has 0 atom stereocenters. The highest BCUT2D eigenvalue weighted by Crippen LogP contribution is 2.29. The second kappa shape index (κ2) is 6.76. The number of rotatable bonds is 4. The molecule has 122 valence electrons. The zero-order chi connectivity index (χ0) is 17.1. The van der Waals surface area contributed by atoms with Crippen molar-refractivity contribution in [2.75, 3.05) is 19.5 Å². The zero-order valence-electron chi connectivity index (χ0n) is 13.2. The van der Waals surface area contributed by atoms with E-state index in [0.29, 0.717) is 33.3 Å². The van der Waals surface area contributed by atoms with E-state index in [1.54, 1.807) is 42.6 Å². The maximum absolute atomic E-state index is 12.6. The Morgan fingerprint density at radius 3 is 2.46 bits per heavy atom. The average Bonchev–Trinajstić information content (AvgIpc) is 2.63. The molecule has 1 heterocycles. The molecule has 2 aromatic carbocycles. The number of benzene rings is 2. The third-order valence-electron chi connectivity index (χ3n) is 3.58. The van der Waals surface area contributed by atoms with Crippen LogP contribution in [0.3, 0.4) is 0 Å². The molecule has 0 aliphatic carbocycles. The van der Waals surface area contributed by atoms with Gasteiger partial charge >= 0.3 is 0 Å². The van der Waals surface area contributed by atoms with Gasteiger partial charge in [-0.3, -0.25) is 9.78 Å². The molecule has 1 amide bonds. The molecule has 3 rings (SSSR count). The number of pyridine rings is 1. The number of carbonyl (C=O) groups is 1. The van der Waals surface area contributed by atoms with E-state index in [1.165, 1.54) is 14.2 Å². The first-order valence-corrected chi connectivity index (χ1v) is 7.58. The average molecular weight is 343 g/mol. The second-order valence-electron chi connectivity index (χ2n) is 5.05. The molecule has 0 fully saturated rings. The first kappa shape index (κ1) is 16.1. The number of nitrogens with one attached hydrogen (secondary N) is 1. The number of anilines is 1. The number of nitrogens with zero attached hydrogens (tertiary/aromatic N) is 1. The lowest BCUT2D eigenvalue weighted by Gasteiger charge is -2.11. The number of hydrogen-bond donors (Lipinski definition) is 1. The van der Waals surface area contributed by atoms with Crippen LogP contribution >= 0.6 is 11.6 Å². The minimum atomic E-state index is -0.290. The van der Waals surface area contributed by atoms with Gasteiger partial charge in [0.1, 0.15) is 11.5 Å². The van der Waals surface area contributed by atoms with E-state index in [1.807, 2.05) is 6.07 Å². The Labute approximate surface area is 144 Å². The number of halogens is 1. The minimum absolute atomic E-state index is 0.290. The Balaban J connectivity index is 1.97. The molecule has 0 unspecified atom stereocenters. The van der Waals surface area contributed by atoms with E-state index in [4.69, 9.17) is 21.1 Å². The van der Waals surface area contributed by atoms with Crippen LogP contribution < -0.4 is 14.8 Å². The molecule has 6 heteroatoms. The molecule has 0 saturated heterocycles. The Bertz CT molecular complexity index is 890. The number of ether oxygens (including phenoxy) is 2. The van der Waals surface area contributed by atoms with Crippen molar-refractivity contribution in [3.63, 3.8) is 0 Å². The van der Waals surface area contributed by atoms with Crippen LogP contribution in [0.25, 0.3) is 10.9 Å². The van der Waals surface area contributed by atoms with Gasteiger partial charge in [-0.05, 0) is 36.4 Å². The van der Waals surface area contributed by atoms with Crippen LogP contribution in [0, 0.1) is 0 Å². The molecule has 5 nitrogen and oxygen atoms in total. The summed E-state index contributed by atoms with van der Waals surface area (Å²) >= 11 is 6.18. The Hall–Kier alpha value is -2.79. The second-order valence-corrected chi connectivity index (χ2v) is 5.46. The maximum Gasteiger partial charge on any atom is 0.255 e. The van der Waals surface area contributed by atoms with Gasteiger partial charge in [-0.1, -0.05) is 11.6 Å². The summed E-state index contributed by atoms with van der Waals surface area (Å²) in [7, 11) is 3.07. The van der Waals surface area contributed by atoms with E-state index in [2.05, 4.69) is 10.3 Å². The first-order chi connectivity index (χ1) is 11.6. The van der Waals surface area contributed by atoms with Gasteiger partial charge < -0.3 is 14.8 Å². The van der Waals surface area contributed by atoms with Crippen LogP contribution in [0.1, 0.15) is 10.4 Å². The van der Waals surface area contributed by atoms with E-state index >= 15 is 0 Å². The fourth-order valence-corrected chi connectivity index (χ4v) is 2.59. The number of methoxy groups -OCH3 is 2.